The topological polar surface area (TPSA) is 59.0 Å². The number of amides is 1. The third-order valence-electron chi connectivity index (χ3n) is 4.16. The second-order valence-corrected chi connectivity index (χ2v) is 5.70. The smallest absolute Gasteiger partial charge is 0.410 e. The van der Waals surface area contributed by atoms with E-state index in [1.54, 1.807) is 0 Å². The van der Waals surface area contributed by atoms with E-state index < -0.39 is 0 Å². The Morgan fingerprint density at radius 3 is 2.77 bits per heavy atom. The van der Waals surface area contributed by atoms with Crippen molar-refractivity contribution in [2.45, 2.75) is 38.8 Å². The molecule has 0 spiro atoms. The first-order valence-electron chi connectivity index (χ1n) is 7.90. The fourth-order valence-corrected chi connectivity index (χ4v) is 2.91. The molecule has 1 aromatic rings. The van der Waals surface area contributed by atoms with E-state index in [2.05, 4.69) is 6.92 Å². The molecule has 2 rings (SSSR count). The number of aliphatic hydroxyl groups is 1. The average Bonchev–Trinajstić information content (AvgIpc) is 2.58. The Hall–Kier alpha value is -1.59. The SMILES string of the molecule is CCC1CCC(COCO)CN1C(=O)OCc1ccccc1. The van der Waals surface area contributed by atoms with Gasteiger partial charge in [0.2, 0.25) is 0 Å². The average molecular weight is 307 g/mol. The second kappa shape index (κ2) is 8.76. The van der Waals surface area contributed by atoms with Crippen molar-refractivity contribution in [1.29, 1.82) is 0 Å². The third-order valence-corrected chi connectivity index (χ3v) is 4.16. The second-order valence-electron chi connectivity index (χ2n) is 5.70. The van der Waals surface area contributed by atoms with Crippen LogP contribution >= 0.6 is 0 Å². The number of hydrogen-bond acceptors (Lipinski definition) is 4. The molecule has 1 aliphatic rings. The van der Waals surface area contributed by atoms with E-state index in [0.29, 0.717) is 19.8 Å². The van der Waals surface area contributed by atoms with Gasteiger partial charge >= 0.3 is 6.09 Å². The summed E-state index contributed by atoms with van der Waals surface area (Å²) >= 11 is 0. The quantitative estimate of drug-likeness (QED) is 0.821. The number of aliphatic hydroxyl groups excluding tert-OH is 1. The lowest BCUT2D eigenvalue weighted by Gasteiger charge is -2.38. The zero-order chi connectivity index (χ0) is 15.8. The Balaban J connectivity index is 1.89. The van der Waals surface area contributed by atoms with E-state index in [1.807, 2.05) is 35.2 Å². The highest BCUT2D eigenvalue weighted by molar-refractivity contribution is 5.68. The molecule has 0 aliphatic carbocycles. The lowest BCUT2D eigenvalue weighted by Crippen LogP contribution is -2.47. The van der Waals surface area contributed by atoms with Gasteiger partial charge in [-0.15, -0.1) is 0 Å². The molecule has 1 heterocycles. The van der Waals surface area contributed by atoms with E-state index in [4.69, 9.17) is 14.6 Å². The Labute approximate surface area is 131 Å². The van der Waals surface area contributed by atoms with Crippen molar-refractivity contribution in [3.8, 4) is 0 Å². The fraction of sp³-hybridized carbons (Fsp3) is 0.588. The Morgan fingerprint density at radius 2 is 2.09 bits per heavy atom. The van der Waals surface area contributed by atoms with E-state index >= 15 is 0 Å². The van der Waals surface area contributed by atoms with Gasteiger partial charge in [0.05, 0.1) is 6.61 Å². The van der Waals surface area contributed by atoms with Crippen LogP contribution in [0.15, 0.2) is 30.3 Å². The Kier molecular flexibility index (Phi) is 6.68. The van der Waals surface area contributed by atoms with E-state index in [0.717, 1.165) is 24.8 Å². The highest BCUT2D eigenvalue weighted by Gasteiger charge is 2.31. The molecule has 1 N–H and O–H groups in total. The normalized spacial score (nSPS) is 21.6. The number of likely N-dealkylation sites (tertiary alicyclic amines) is 1. The summed E-state index contributed by atoms with van der Waals surface area (Å²) in [6.45, 7) is 3.23. The van der Waals surface area contributed by atoms with Gasteiger partial charge in [-0.3, -0.25) is 0 Å². The van der Waals surface area contributed by atoms with Crippen molar-refractivity contribution in [2.24, 2.45) is 5.92 Å². The van der Waals surface area contributed by atoms with Gasteiger partial charge in [-0.2, -0.15) is 0 Å². The first-order valence-corrected chi connectivity index (χ1v) is 7.90. The van der Waals surface area contributed by atoms with Crippen LogP contribution in [0, 0.1) is 5.92 Å². The largest absolute Gasteiger partial charge is 0.445 e. The lowest BCUT2D eigenvalue weighted by atomic mass is 9.92. The van der Waals surface area contributed by atoms with Crippen molar-refractivity contribution in [3.05, 3.63) is 35.9 Å². The van der Waals surface area contributed by atoms with Crippen molar-refractivity contribution >= 4 is 6.09 Å². The van der Waals surface area contributed by atoms with Crippen LogP contribution in [0.1, 0.15) is 31.7 Å². The minimum Gasteiger partial charge on any atom is -0.445 e. The lowest BCUT2D eigenvalue weighted by molar-refractivity contribution is -0.0341. The summed E-state index contributed by atoms with van der Waals surface area (Å²) < 4.78 is 10.5. The van der Waals surface area contributed by atoms with Crippen molar-refractivity contribution in [1.82, 2.24) is 4.90 Å². The summed E-state index contributed by atoms with van der Waals surface area (Å²) in [6.07, 6.45) is 2.63. The first-order chi connectivity index (χ1) is 10.7. The third kappa shape index (κ3) is 4.71. The maximum atomic E-state index is 12.4. The van der Waals surface area contributed by atoms with Crippen LogP contribution < -0.4 is 0 Å². The number of carbonyl (C=O) groups is 1. The number of carbonyl (C=O) groups excluding carboxylic acids is 1. The zero-order valence-corrected chi connectivity index (χ0v) is 13.1. The van der Waals surface area contributed by atoms with Crippen LogP contribution in [0.5, 0.6) is 0 Å². The van der Waals surface area contributed by atoms with Crippen LogP contribution in [0.4, 0.5) is 4.79 Å². The molecule has 2 unspecified atom stereocenters. The van der Waals surface area contributed by atoms with Gasteiger partial charge < -0.3 is 19.5 Å². The summed E-state index contributed by atoms with van der Waals surface area (Å²) in [5, 5.41) is 8.75. The Morgan fingerprint density at radius 1 is 1.32 bits per heavy atom. The predicted molar refractivity (Wildman–Crippen MR) is 83.2 cm³/mol. The summed E-state index contributed by atoms with van der Waals surface area (Å²) in [5.74, 6) is 0.263. The molecule has 1 aromatic carbocycles. The van der Waals surface area contributed by atoms with Gasteiger partial charge in [0.15, 0.2) is 0 Å². The molecular weight excluding hydrogens is 282 g/mol. The number of rotatable bonds is 6. The number of nitrogens with zero attached hydrogens (tertiary/aromatic N) is 1. The Bertz CT molecular complexity index is 451. The predicted octanol–water partition coefficient (Wildman–Crippen LogP) is 2.78. The number of hydrogen-bond donors (Lipinski definition) is 1. The molecule has 0 radical (unpaired) electrons. The maximum Gasteiger partial charge on any atom is 0.410 e. The van der Waals surface area contributed by atoms with Crippen LogP contribution in [0.3, 0.4) is 0 Å². The molecule has 1 aliphatic heterocycles. The summed E-state index contributed by atoms with van der Waals surface area (Å²) in [6, 6.07) is 9.92. The van der Waals surface area contributed by atoms with E-state index in [1.165, 1.54) is 0 Å². The number of piperidine rings is 1. The number of ether oxygens (including phenoxy) is 2. The molecule has 122 valence electrons. The molecule has 0 aromatic heterocycles. The van der Waals surface area contributed by atoms with Gasteiger partial charge in [-0.1, -0.05) is 37.3 Å². The van der Waals surface area contributed by atoms with Gasteiger partial charge in [-0.25, -0.2) is 4.79 Å². The van der Waals surface area contributed by atoms with Crippen LogP contribution in [0.2, 0.25) is 0 Å². The summed E-state index contributed by atoms with van der Waals surface area (Å²) in [7, 11) is 0. The summed E-state index contributed by atoms with van der Waals surface area (Å²) in [5.41, 5.74) is 0.987. The van der Waals surface area contributed by atoms with Gasteiger partial charge in [0.1, 0.15) is 13.4 Å². The first kappa shape index (κ1) is 16.8. The molecule has 0 bridgehead atoms. The minimum absolute atomic E-state index is 0.230. The van der Waals surface area contributed by atoms with Crippen molar-refractivity contribution in [2.75, 3.05) is 19.9 Å². The van der Waals surface area contributed by atoms with Crippen LogP contribution in [-0.2, 0) is 16.1 Å². The molecule has 2 atom stereocenters. The molecular formula is C17H25NO4. The monoisotopic (exact) mass is 307 g/mol. The standard InChI is InChI=1S/C17H25NO4/c1-2-16-9-8-15(11-21-13-19)10-18(16)17(20)22-12-14-6-4-3-5-7-14/h3-7,15-16,19H,2,8-13H2,1H3. The highest BCUT2D eigenvalue weighted by atomic mass is 16.6. The maximum absolute atomic E-state index is 12.4. The molecule has 1 saturated heterocycles. The molecule has 22 heavy (non-hydrogen) atoms. The van der Waals surface area contributed by atoms with Crippen LogP contribution in [0.25, 0.3) is 0 Å². The van der Waals surface area contributed by atoms with Crippen molar-refractivity contribution in [3.63, 3.8) is 0 Å². The highest BCUT2D eigenvalue weighted by Crippen LogP contribution is 2.25. The fourth-order valence-electron chi connectivity index (χ4n) is 2.91. The minimum atomic E-state index is -0.272. The van der Waals surface area contributed by atoms with Gasteiger partial charge in [-0.05, 0) is 24.8 Å². The molecule has 1 fully saturated rings. The van der Waals surface area contributed by atoms with E-state index in [-0.39, 0.29) is 24.8 Å². The van der Waals surface area contributed by atoms with Crippen LogP contribution in [-0.4, -0.2) is 42.1 Å². The molecule has 5 nitrogen and oxygen atoms in total. The molecule has 0 saturated carbocycles. The van der Waals surface area contributed by atoms with Gasteiger partial charge in [0, 0.05) is 18.5 Å². The molecule has 1 amide bonds. The van der Waals surface area contributed by atoms with E-state index in [9.17, 15) is 4.79 Å². The summed E-state index contributed by atoms with van der Waals surface area (Å²) in [4.78, 5) is 14.2. The zero-order valence-electron chi connectivity index (χ0n) is 13.1. The van der Waals surface area contributed by atoms with Crippen molar-refractivity contribution < 1.29 is 19.4 Å². The van der Waals surface area contributed by atoms with Gasteiger partial charge in [0.25, 0.3) is 0 Å². The number of benzene rings is 1. The molecule has 5 heteroatoms.